The Balaban J connectivity index is 1.49. The molecule has 2 aromatic rings. The number of amides is 1. The van der Waals surface area contributed by atoms with Crippen LogP contribution in [0.15, 0.2) is 30.3 Å². The summed E-state index contributed by atoms with van der Waals surface area (Å²) in [4.78, 5) is 19.1. The van der Waals surface area contributed by atoms with E-state index in [0.29, 0.717) is 29.1 Å². The second kappa shape index (κ2) is 8.51. The summed E-state index contributed by atoms with van der Waals surface area (Å²) in [5, 5.41) is 21.2. The maximum Gasteiger partial charge on any atom is 0.260 e. The van der Waals surface area contributed by atoms with Gasteiger partial charge < -0.3 is 25.2 Å². The predicted molar refractivity (Wildman–Crippen MR) is 110 cm³/mol. The quantitative estimate of drug-likeness (QED) is 0.599. The third-order valence-corrected chi connectivity index (χ3v) is 5.29. The fraction of sp³-hybridized carbons (Fsp3) is 0.364. The number of nitrogens with one attached hydrogen (secondary N) is 1. The van der Waals surface area contributed by atoms with Gasteiger partial charge in [0.25, 0.3) is 5.91 Å². The van der Waals surface area contributed by atoms with Crippen molar-refractivity contribution in [1.82, 2.24) is 9.88 Å². The summed E-state index contributed by atoms with van der Waals surface area (Å²) in [7, 11) is 1.90. The number of pyridine rings is 1. The van der Waals surface area contributed by atoms with Crippen LogP contribution in [0.5, 0.6) is 0 Å². The van der Waals surface area contributed by atoms with Crippen molar-refractivity contribution in [2.75, 3.05) is 32.1 Å². The van der Waals surface area contributed by atoms with E-state index in [2.05, 4.69) is 10.3 Å². The normalized spacial score (nSPS) is 18.2. The summed E-state index contributed by atoms with van der Waals surface area (Å²) < 4.78 is 19.5. The summed E-state index contributed by atoms with van der Waals surface area (Å²) >= 11 is 0. The first kappa shape index (κ1) is 20.5. The van der Waals surface area contributed by atoms with Gasteiger partial charge in [-0.05, 0) is 56.8 Å². The summed E-state index contributed by atoms with van der Waals surface area (Å²) in [6, 6.07) is 8.01. The molecule has 0 saturated heterocycles. The highest BCUT2D eigenvalue weighted by Gasteiger charge is 2.33. The molecule has 1 aromatic carbocycles. The van der Waals surface area contributed by atoms with E-state index in [1.807, 2.05) is 24.1 Å². The number of ether oxygens (including phenoxy) is 1. The third-order valence-electron chi connectivity index (χ3n) is 5.29. The maximum atomic E-state index is 13.7. The molecule has 3 heterocycles. The first-order valence-corrected chi connectivity index (χ1v) is 9.91. The molecule has 0 fully saturated rings. The van der Waals surface area contributed by atoms with Crippen LogP contribution in [-0.2, 0) is 22.6 Å². The molecule has 30 heavy (non-hydrogen) atoms. The Labute approximate surface area is 173 Å². The molecule has 2 aliphatic heterocycles. The highest BCUT2D eigenvalue weighted by molar-refractivity contribution is 6.36. The summed E-state index contributed by atoms with van der Waals surface area (Å²) in [6.45, 7) is 1.21. The minimum atomic E-state index is -0.733. The van der Waals surface area contributed by atoms with Crippen LogP contribution >= 0.6 is 0 Å². The van der Waals surface area contributed by atoms with Gasteiger partial charge in [0.15, 0.2) is 0 Å². The zero-order chi connectivity index (χ0) is 21.3. The molecule has 7 nitrogen and oxygen atoms in total. The molecular formula is C22H24FN3O4. The largest absolute Gasteiger partial charge is 0.486 e. The van der Waals surface area contributed by atoms with Gasteiger partial charge in [0.1, 0.15) is 18.2 Å². The Kier molecular flexibility index (Phi) is 5.80. The SMILES string of the molecule is CN(CCCc1ccc2c(n1)CO/C2=C1\C(=O)Nc2ccc(F)cc21)CC(O)CO. The fourth-order valence-corrected chi connectivity index (χ4v) is 3.83. The van der Waals surface area contributed by atoms with E-state index >= 15 is 0 Å². The van der Waals surface area contributed by atoms with Crippen molar-refractivity contribution < 1.29 is 24.1 Å². The number of likely N-dealkylation sites (N-methyl/N-ethyl adjacent to an activating group) is 1. The number of carbonyl (C=O) groups excluding carboxylic acids is 1. The van der Waals surface area contributed by atoms with Crippen molar-refractivity contribution in [3.8, 4) is 0 Å². The zero-order valence-corrected chi connectivity index (χ0v) is 16.7. The Bertz CT molecular complexity index is 1010. The number of fused-ring (bicyclic) bond motifs is 2. The van der Waals surface area contributed by atoms with Gasteiger partial charge in [-0.2, -0.15) is 0 Å². The minimum absolute atomic E-state index is 0.246. The molecule has 1 atom stereocenters. The molecule has 0 aliphatic carbocycles. The zero-order valence-electron chi connectivity index (χ0n) is 16.7. The highest BCUT2D eigenvalue weighted by atomic mass is 19.1. The predicted octanol–water partition coefficient (Wildman–Crippen LogP) is 1.79. The highest BCUT2D eigenvalue weighted by Crippen LogP contribution is 2.41. The number of nitrogens with zero attached hydrogens (tertiary/aromatic N) is 2. The number of aliphatic hydroxyl groups excluding tert-OH is 2. The van der Waals surface area contributed by atoms with Crippen molar-refractivity contribution in [2.45, 2.75) is 25.6 Å². The lowest BCUT2D eigenvalue weighted by molar-refractivity contribution is -0.110. The first-order valence-electron chi connectivity index (χ1n) is 9.91. The van der Waals surface area contributed by atoms with Crippen LogP contribution in [0.4, 0.5) is 10.1 Å². The van der Waals surface area contributed by atoms with Gasteiger partial charge in [-0.1, -0.05) is 0 Å². The molecule has 3 N–H and O–H groups in total. The number of aliphatic hydroxyl groups is 2. The number of carbonyl (C=O) groups is 1. The molecule has 158 valence electrons. The Morgan fingerprint density at radius 1 is 1.30 bits per heavy atom. The van der Waals surface area contributed by atoms with Gasteiger partial charge in [-0.3, -0.25) is 9.78 Å². The van der Waals surface area contributed by atoms with E-state index in [-0.39, 0.29) is 19.1 Å². The van der Waals surface area contributed by atoms with E-state index in [1.54, 1.807) is 6.07 Å². The number of benzene rings is 1. The monoisotopic (exact) mass is 413 g/mol. The topological polar surface area (TPSA) is 94.9 Å². The lowest BCUT2D eigenvalue weighted by atomic mass is 10.0. The number of rotatable bonds is 7. The number of aromatic nitrogens is 1. The Hall–Kier alpha value is -2.81. The van der Waals surface area contributed by atoms with Crippen LogP contribution in [0, 0.1) is 5.82 Å². The van der Waals surface area contributed by atoms with Crippen LogP contribution in [0.3, 0.4) is 0 Å². The number of halogens is 1. The standard InChI is InChI=1S/C22H24FN3O4/c1-26(10-15(28)11-27)8-2-3-14-5-6-16-19(24-14)12-30-21(16)20-17-9-13(23)4-7-18(17)25-22(20)29/h4-7,9,15,27-28H,2-3,8,10-12H2,1H3,(H,25,29)/b21-20-. The van der Waals surface area contributed by atoms with Crippen LogP contribution in [0.25, 0.3) is 11.3 Å². The van der Waals surface area contributed by atoms with Crippen molar-refractivity contribution in [3.05, 3.63) is 58.7 Å². The molecule has 2 aliphatic rings. The van der Waals surface area contributed by atoms with Crippen molar-refractivity contribution >= 4 is 22.9 Å². The van der Waals surface area contributed by atoms with Crippen LogP contribution < -0.4 is 5.32 Å². The van der Waals surface area contributed by atoms with Crippen molar-refractivity contribution in [1.29, 1.82) is 0 Å². The third kappa shape index (κ3) is 4.07. The summed E-state index contributed by atoms with van der Waals surface area (Å²) in [5.74, 6) is -0.286. The average molecular weight is 413 g/mol. The molecular weight excluding hydrogens is 389 g/mol. The molecule has 0 bridgehead atoms. The van der Waals surface area contributed by atoms with Crippen LogP contribution in [-0.4, -0.2) is 58.9 Å². The van der Waals surface area contributed by atoms with Crippen molar-refractivity contribution in [2.24, 2.45) is 0 Å². The van der Waals surface area contributed by atoms with Gasteiger partial charge >= 0.3 is 0 Å². The van der Waals surface area contributed by atoms with Crippen LogP contribution in [0.2, 0.25) is 0 Å². The number of hydrogen-bond acceptors (Lipinski definition) is 6. The first-order chi connectivity index (χ1) is 14.5. The van der Waals surface area contributed by atoms with Gasteiger partial charge in [-0.15, -0.1) is 0 Å². The van der Waals surface area contributed by atoms with Crippen molar-refractivity contribution in [3.63, 3.8) is 0 Å². The number of anilines is 1. The maximum absolute atomic E-state index is 13.7. The molecule has 1 amide bonds. The Morgan fingerprint density at radius 2 is 2.13 bits per heavy atom. The number of aryl methyl sites for hydroxylation is 1. The van der Waals surface area contributed by atoms with E-state index in [9.17, 15) is 14.3 Å². The molecule has 1 unspecified atom stereocenters. The molecule has 0 spiro atoms. The smallest absolute Gasteiger partial charge is 0.260 e. The van der Waals surface area contributed by atoms with Gasteiger partial charge in [-0.25, -0.2) is 4.39 Å². The van der Waals surface area contributed by atoms with E-state index in [1.165, 1.54) is 12.1 Å². The number of hydrogen-bond donors (Lipinski definition) is 3. The van der Waals surface area contributed by atoms with Crippen LogP contribution in [0.1, 0.15) is 28.9 Å². The van der Waals surface area contributed by atoms with E-state index < -0.39 is 11.9 Å². The second-order valence-electron chi connectivity index (χ2n) is 7.64. The van der Waals surface area contributed by atoms with Gasteiger partial charge in [0, 0.05) is 29.1 Å². The molecule has 8 heteroatoms. The summed E-state index contributed by atoms with van der Waals surface area (Å²) in [5.41, 5.74) is 3.84. The molecule has 0 saturated carbocycles. The second-order valence-corrected chi connectivity index (χ2v) is 7.64. The van der Waals surface area contributed by atoms with Gasteiger partial charge in [0.2, 0.25) is 0 Å². The van der Waals surface area contributed by atoms with E-state index in [4.69, 9.17) is 9.84 Å². The molecule has 4 rings (SSSR count). The average Bonchev–Trinajstić information content (AvgIpc) is 3.26. The molecule has 0 radical (unpaired) electrons. The summed E-state index contributed by atoms with van der Waals surface area (Å²) in [6.07, 6.45) is 0.875. The fourth-order valence-electron chi connectivity index (χ4n) is 3.83. The Morgan fingerprint density at radius 3 is 2.93 bits per heavy atom. The lowest BCUT2D eigenvalue weighted by Gasteiger charge is -2.19. The van der Waals surface area contributed by atoms with Gasteiger partial charge in [0.05, 0.1) is 24.0 Å². The lowest BCUT2D eigenvalue weighted by Crippen LogP contribution is -2.32. The minimum Gasteiger partial charge on any atom is -0.486 e. The molecule has 1 aromatic heterocycles. The van der Waals surface area contributed by atoms with E-state index in [0.717, 1.165) is 36.3 Å².